The van der Waals surface area contributed by atoms with Crippen LogP contribution in [0, 0.1) is 13.8 Å². The third-order valence-electron chi connectivity index (χ3n) is 3.19. The van der Waals surface area contributed by atoms with Crippen molar-refractivity contribution in [2.24, 2.45) is 0 Å². The summed E-state index contributed by atoms with van der Waals surface area (Å²) in [5.74, 6) is 1.65. The highest BCUT2D eigenvalue weighted by Gasteiger charge is 2.16. The van der Waals surface area contributed by atoms with E-state index < -0.39 is 9.84 Å². The Morgan fingerprint density at radius 2 is 1.90 bits per heavy atom. The predicted octanol–water partition coefficient (Wildman–Crippen LogP) is 2.08. The van der Waals surface area contributed by atoms with Crippen LogP contribution < -0.4 is 10.6 Å². The quantitative estimate of drug-likeness (QED) is 0.841. The van der Waals surface area contributed by atoms with Gasteiger partial charge in [0.25, 0.3) is 0 Å². The molecule has 0 unspecified atom stereocenters. The molecule has 2 amide bonds. The second-order valence-corrected chi connectivity index (χ2v) is 7.79. The molecule has 1 rings (SSSR count). The summed E-state index contributed by atoms with van der Waals surface area (Å²) in [6.07, 6.45) is 1.58. The first-order chi connectivity index (χ1) is 9.58. The van der Waals surface area contributed by atoms with E-state index in [4.69, 9.17) is 4.42 Å². The average Bonchev–Trinajstić information content (AvgIpc) is 2.65. The molecule has 1 aromatic heterocycles. The first kappa shape index (κ1) is 17.6. The van der Waals surface area contributed by atoms with Gasteiger partial charge in [-0.25, -0.2) is 13.2 Å². The van der Waals surface area contributed by atoms with E-state index in [0.29, 0.717) is 6.42 Å². The molecule has 0 aliphatic rings. The Morgan fingerprint density at radius 1 is 1.29 bits per heavy atom. The van der Waals surface area contributed by atoms with Crippen LogP contribution in [-0.4, -0.2) is 32.5 Å². The molecular formula is C14H24N2O4S. The van der Waals surface area contributed by atoms with Crippen molar-refractivity contribution in [1.82, 2.24) is 10.6 Å². The number of nitrogens with one attached hydrogen (secondary N) is 2. The van der Waals surface area contributed by atoms with E-state index in [9.17, 15) is 13.2 Å². The maximum absolute atomic E-state index is 11.9. The second kappa shape index (κ2) is 6.98. The van der Waals surface area contributed by atoms with Crippen LogP contribution in [0.1, 0.15) is 43.4 Å². The van der Waals surface area contributed by atoms with Crippen LogP contribution in [0.5, 0.6) is 0 Å². The lowest BCUT2D eigenvalue weighted by atomic mass is 10.1. The number of carbonyl (C=O) groups excluding carboxylic acids is 1. The van der Waals surface area contributed by atoms with E-state index in [1.807, 2.05) is 26.8 Å². The molecule has 0 fully saturated rings. The molecule has 21 heavy (non-hydrogen) atoms. The van der Waals surface area contributed by atoms with Crippen molar-refractivity contribution < 1.29 is 17.6 Å². The Labute approximate surface area is 126 Å². The second-order valence-electron chi connectivity index (χ2n) is 5.53. The number of urea groups is 1. The number of furan rings is 1. The molecule has 120 valence electrons. The van der Waals surface area contributed by atoms with Crippen LogP contribution in [0.15, 0.2) is 10.5 Å². The highest BCUT2D eigenvalue weighted by molar-refractivity contribution is 7.90. The SMILES string of the molecule is Cc1cc([C@H](C)NC(=O)N[C@@H](C)CCS(C)(=O)=O)c(C)o1. The third kappa shape index (κ3) is 6.20. The van der Waals surface area contributed by atoms with E-state index >= 15 is 0 Å². The normalized spacial score (nSPS) is 14.5. The van der Waals surface area contributed by atoms with Gasteiger partial charge in [0.1, 0.15) is 21.4 Å². The Bertz CT molecular complexity index is 592. The van der Waals surface area contributed by atoms with Gasteiger partial charge in [0.05, 0.1) is 11.8 Å². The van der Waals surface area contributed by atoms with E-state index in [1.165, 1.54) is 6.26 Å². The summed E-state index contributed by atoms with van der Waals surface area (Å²) in [7, 11) is -3.01. The molecule has 0 saturated heterocycles. The molecule has 0 bridgehead atoms. The lowest BCUT2D eigenvalue weighted by molar-refractivity contribution is 0.234. The number of sulfone groups is 1. The van der Waals surface area contributed by atoms with Crippen LogP contribution in [-0.2, 0) is 9.84 Å². The molecule has 0 aromatic carbocycles. The topological polar surface area (TPSA) is 88.4 Å². The third-order valence-corrected chi connectivity index (χ3v) is 4.17. The number of aryl methyl sites for hydroxylation is 2. The summed E-state index contributed by atoms with van der Waals surface area (Å²) in [6, 6.07) is 1.19. The summed E-state index contributed by atoms with van der Waals surface area (Å²) >= 11 is 0. The maximum atomic E-state index is 11.9. The minimum atomic E-state index is -3.01. The van der Waals surface area contributed by atoms with Crippen LogP contribution in [0.2, 0.25) is 0 Å². The molecule has 7 heteroatoms. The average molecular weight is 316 g/mol. The minimum absolute atomic E-state index is 0.0596. The summed E-state index contributed by atoms with van der Waals surface area (Å²) in [5, 5.41) is 5.55. The van der Waals surface area contributed by atoms with E-state index in [0.717, 1.165) is 17.1 Å². The standard InChI is InChI=1S/C14H24N2O4S/c1-9(6-7-21(5,18)19)15-14(17)16-11(3)13-8-10(2)20-12(13)4/h8-9,11H,6-7H2,1-5H3,(H2,15,16,17)/t9-,11-/m0/s1. The summed E-state index contributed by atoms with van der Waals surface area (Å²) < 4.78 is 27.6. The van der Waals surface area contributed by atoms with Crippen molar-refractivity contribution in [3.63, 3.8) is 0 Å². The van der Waals surface area contributed by atoms with Gasteiger partial charge in [0, 0.05) is 17.9 Å². The Kier molecular flexibility index (Phi) is 5.83. The zero-order valence-corrected chi connectivity index (χ0v) is 14.0. The smallest absolute Gasteiger partial charge is 0.315 e. The van der Waals surface area contributed by atoms with Gasteiger partial charge in [0.15, 0.2) is 0 Å². The number of amides is 2. The molecule has 0 aliphatic heterocycles. The van der Waals surface area contributed by atoms with Crippen LogP contribution in [0.4, 0.5) is 4.79 Å². The highest BCUT2D eigenvalue weighted by atomic mass is 32.2. The molecule has 2 N–H and O–H groups in total. The van der Waals surface area contributed by atoms with Crippen LogP contribution in [0.3, 0.4) is 0 Å². The van der Waals surface area contributed by atoms with E-state index in [-0.39, 0.29) is 23.9 Å². The van der Waals surface area contributed by atoms with Gasteiger partial charge in [-0.15, -0.1) is 0 Å². The van der Waals surface area contributed by atoms with Gasteiger partial charge in [0.2, 0.25) is 0 Å². The lowest BCUT2D eigenvalue weighted by Gasteiger charge is -2.17. The van der Waals surface area contributed by atoms with Crippen molar-refractivity contribution in [3.8, 4) is 0 Å². The van der Waals surface area contributed by atoms with Crippen molar-refractivity contribution >= 4 is 15.9 Å². The van der Waals surface area contributed by atoms with Gasteiger partial charge in [-0.05, 0) is 40.2 Å². The van der Waals surface area contributed by atoms with E-state index in [1.54, 1.807) is 6.92 Å². The molecule has 0 aliphatic carbocycles. The monoisotopic (exact) mass is 316 g/mol. The van der Waals surface area contributed by atoms with Crippen molar-refractivity contribution in [3.05, 3.63) is 23.2 Å². The molecule has 0 radical (unpaired) electrons. The Hall–Kier alpha value is -1.50. The molecule has 6 nitrogen and oxygen atoms in total. The first-order valence-corrected chi connectivity index (χ1v) is 8.96. The number of hydrogen-bond acceptors (Lipinski definition) is 4. The highest BCUT2D eigenvalue weighted by Crippen LogP contribution is 2.20. The van der Waals surface area contributed by atoms with Gasteiger partial charge in [-0.2, -0.15) is 0 Å². The van der Waals surface area contributed by atoms with Crippen molar-refractivity contribution in [2.45, 2.75) is 46.2 Å². The van der Waals surface area contributed by atoms with E-state index in [2.05, 4.69) is 10.6 Å². The molecule has 1 aromatic rings. The molecule has 2 atom stereocenters. The largest absolute Gasteiger partial charge is 0.466 e. The fraction of sp³-hybridized carbons (Fsp3) is 0.643. The fourth-order valence-corrected chi connectivity index (χ4v) is 2.86. The molecular weight excluding hydrogens is 292 g/mol. The first-order valence-electron chi connectivity index (χ1n) is 6.90. The predicted molar refractivity (Wildman–Crippen MR) is 82.1 cm³/mol. The zero-order chi connectivity index (χ0) is 16.2. The Morgan fingerprint density at radius 3 is 2.38 bits per heavy atom. The number of carbonyl (C=O) groups is 1. The van der Waals surface area contributed by atoms with Gasteiger partial charge < -0.3 is 15.1 Å². The molecule has 0 spiro atoms. The van der Waals surface area contributed by atoms with Gasteiger partial charge >= 0.3 is 6.03 Å². The van der Waals surface area contributed by atoms with Crippen LogP contribution in [0.25, 0.3) is 0 Å². The van der Waals surface area contributed by atoms with Crippen molar-refractivity contribution in [1.29, 1.82) is 0 Å². The summed E-state index contributed by atoms with van der Waals surface area (Å²) in [4.78, 5) is 11.9. The Balaban J connectivity index is 2.48. The van der Waals surface area contributed by atoms with Crippen molar-refractivity contribution in [2.75, 3.05) is 12.0 Å². The number of hydrogen-bond donors (Lipinski definition) is 2. The lowest BCUT2D eigenvalue weighted by Crippen LogP contribution is -2.42. The number of rotatable bonds is 6. The van der Waals surface area contributed by atoms with Gasteiger partial charge in [-0.1, -0.05) is 0 Å². The zero-order valence-electron chi connectivity index (χ0n) is 13.2. The molecule has 0 saturated carbocycles. The maximum Gasteiger partial charge on any atom is 0.315 e. The van der Waals surface area contributed by atoms with Crippen LogP contribution >= 0.6 is 0 Å². The fourth-order valence-electron chi connectivity index (χ4n) is 2.08. The minimum Gasteiger partial charge on any atom is -0.466 e. The van der Waals surface area contributed by atoms with Gasteiger partial charge in [-0.3, -0.25) is 0 Å². The molecule has 1 heterocycles. The summed E-state index contributed by atoms with van der Waals surface area (Å²) in [5.41, 5.74) is 0.937. The summed E-state index contributed by atoms with van der Waals surface area (Å²) in [6.45, 7) is 7.37.